The van der Waals surface area contributed by atoms with Crippen LogP contribution in [0.3, 0.4) is 0 Å². The maximum atomic E-state index is 12.5. The lowest BCUT2D eigenvalue weighted by Gasteiger charge is -2.10. The van der Waals surface area contributed by atoms with Crippen molar-refractivity contribution < 1.29 is 9.59 Å². The molecule has 1 aliphatic carbocycles. The smallest absolute Gasteiger partial charge is 0.319 e. The number of aryl methyl sites for hydroxylation is 2. The molecule has 1 heterocycles. The number of aromatic nitrogens is 2. The third-order valence-electron chi connectivity index (χ3n) is 5.20. The second-order valence-electron chi connectivity index (χ2n) is 8.04. The van der Waals surface area contributed by atoms with Gasteiger partial charge in [0.2, 0.25) is 0 Å². The van der Waals surface area contributed by atoms with Gasteiger partial charge in [-0.2, -0.15) is 5.10 Å². The maximum Gasteiger partial charge on any atom is 0.319 e. The molecule has 3 amide bonds. The molecule has 0 bridgehead atoms. The summed E-state index contributed by atoms with van der Waals surface area (Å²) >= 11 is 0. The Morgan fingerprint density at radius 2 is 1.77 bits per heavy atom. The van der Waals surface area contributed by atoms with Gasteiger partial charge in [0.25, 0.3) is 5.91 Å². The average molecular weight is 418 g/mol. The molecule has 0 radical (unpaired) electrons. The highest BCUT2D eigenvalue weighted by molar-refractivity contribution is 5.95. The summed E-state index contributed by atoms with van der Waals surface area (Å²) < 4.78 is 1.98. The third kappa shape index (κ3) is 5.72. The van der Waals surface area contributed by atoms with Crippen molar-refractivity contribution >= 4 is 17.6 Å². The number of hydrogen-bond acceptors (Lipinski definition) is 3. The molecule has 7 heteroatoms. The summed E-state index contributed by atoms with van der Waals surface area (Å²) in [6, 6.07) is 17.2. The molecular formula is C24H27N5O2. The largest absolute Gasteiger partial charge is 0.348 e. The van der Waals surface area contributed by atoms with Gasteiger partial charge in [0.1, 0.15) is 0 Å². The van der Waals surface area contributed by atoms with Crippen LogP contribution in [0.1, 0.15) is 45.7 Å². The number of rotatable bonds is 7. The summed E-state index contributed by atoms with van der Waals surface area (Å²) in [5.41, 5.74) is 5.50. The molecule has 2 aromatic carbocycles. The quantitative estimate of drug-likeness (QED) is 0.547. The first-order valence-corrected chi connectivity index (χ1v) is 10.5. The van der Waals surface area contributed by atoms with Crippen LogP contribution in [-0.4, -0.2) is 27.8 Å². The molecule has 3 aromatic rings. The Labute approximate surface area is 181 Å². The predicted octanol–water partition coefficient (Wildman–Crippen LogP) is 3.76. The van der Waals surface area contributed by atoms with Crippen LogP contribution in [-0.2, 0) is 13.1 Å². The number of carbonyl (C=O) groups excluding carboxylic acids is 2. The van der Waals surface area contributed by atoms with Gasteiger partial charge in [-0.05, 0) is 68.1 Å². The maximum absolute atomic E-state index is 12.5. The van der Waals surface area contributed by atoms with Crippen molar-refractivity contribution in [1.29, 1.82) is 0 Å². The molecule has 0 spiro atoms. The molecule has 1 fully saturated rings. The number of nitrogens with one attached hydrogen (secondary N) is 3. The second kappa shape index (κ2) is 9.04. The normalized spacial score (nSPS) is 13.0. The first-order chi connectivity index (χ1) is 15.0. The van der Waals surface area contributed by atoms with E-state index in [4.69, 9.17) is 0 Å². The van der Waals surface area contributed by atoms with Crippen molar-refractivity contribution in [3.63, 3.8) is 0 Å². The number of carbonyl (C=O) groups is 2. The van der Waals surface area contributed by atoms with E-state index < -0.39 is 0 Å². The number of anilines is 1. The standard InChI is InChI=1S/C24H27N5O2/c1-16-12-17(2)29(28-16)15-19-5-3-4-18(13-19)14-25-23(30)20-6-8-21(9-7-20)26-24(31)27-22-10-11-22/h3-9,12-13,22H,10-11,14-15H2,1-2H3,(H,25,30)(H2,26,27,31). The van der Waals surface area contributed by atoms with Gasteiger partial charge in [-0.3, -0.25) is 9.48 Å². The molecule has 7 nitrogen and oxygen atoms in total. The van der Waals surface area contributed by atoms with Crippen LogP contribution in [0.4, 0.5) is 10.5 Å². The van der Waals surface area contributed by atoms with Crippen LogP contribution in [0.25, 0.3) is 0 Å². The highest BCUT2D eigenvalue weighted by atomic mass is 16.2. The summed E-state index contributed by atoms with van der Waals surface area (Å²) in [6.07, 6.45) is 2.08. The van der Waals surface area contributed by atoms with E-state index in [0.717, 1.165) is 35.4 Å². The van der Waals surface area contributed by atoms with Crippen LogP contribution >= 0.6 is 0 Å². The molecule has 1 saturated carbocycles. The number of amides is 3. The lowest BCUT2D eigenvalue weighted by atomic mass is 10.1. The molecule has 0 unspecified atom stereocenters. The summed E-state index contributed by atoms with van der Waals surface area (Å²) in [5.74, 6) is -0.155. The zero-order valence-corrected chi connectivity index (χ0v) is 17.8. The number of nitrogens with zero attached hydrogens (tertiary/aromatic N) is 2. The second-order valence-corrected chi connectivity index (χ2v) is 8.04. The Balaban J connectivity index is 1.31. The molecule has 1 aromatic heterocycles. The van der Waals surface area contributed by atoms with Crippen molar-refractivity contribution in [2.24, 2.45) is 0 Å². The zero-order valence-electron chi connectivity index (χ0n) is 17.8. The van der Waals surface area contributed by atoms with Crippen LogP contribution in [0.2, 0.25) is 0 Å². The van der Waals surface area contributed by atoms with E-state index >= 15 is 0 Å². The number of hydrogen-bond donors (Lipinski definition) is 3. The zero-order chi connectivity index (χ0) is 21.8. The van der Waals surface area contributed by atoms with Crippen LogP contribution in [0.5, 0.6) is 0 Å². The van der Waals surface area contributed by atoms with E-state index in [1.54, 1.807) is 24.3 Å². The molecule has 0 atom stereocenters. The van der Waals surface area contributed by atoms with Gasteiger partial charge in [-0.25, -0.2) is 4.79 Å². The van der Waals surface area contributed by atoms with E-state index in [-0.39, 0.29) is 11.9 Å². The lowest BCUT2D eigenvalue weighted by Crippen LogP contribution is -2.30. The van der Waals surface area contributed by atoms with Gasteiger partial charge in [0, 0.05) is 29.5 Å². The molecule has 160 valence electrons. The fourth-order valence-electron chi connectivity index (χ4n) is 3.42. The van der Waals surface area contributed by atoms with Gasteiger partial charge in [0.15, 0.2) is 0 Å². The topological polar surface area (TPSA) is 88.0 Å². The van der Waals surface area contributed by atoms with E-state index in [9.17, 15) is 9.59 Å². The number of benzene rings is 2. The highest BCUT2D eigenvalue weighted by Gasteiger charge is 2.23. The van der Waals surface area contributed by atoms with Crippen molar-refractivity contribution in [3.8, 4) is 0 Å². The Bertz CT molecular complexity index is 1080. The van der Waals surface area contributed by atoms with Crippen LogP contribution in [0.15, 0.2) is 54.6 Å². The highest BCUT2D eigenvalue weighted by Crippen LogP contribution is 2.19. The third-order valence-corrected chi connectivity index (χ3v) is 5.20. The van der Waals surface area contributed by atoms with Crippen molar-refractivity contribution in [3.05, 3.63) is 82.7 Å². The number of urea groups is 1. The molecule has 31 heavy (non-hydrogen) atoms. The average Bonchev–Trinajstić information content (AvgIpc) is 3.50. The monoisotopic (exact) mass is 417 g/mol. The van der Waals surface area contributed by atoms with E-state index in [2.05, 4.69) is 39.2 Å². The Morgan fingerprint density at radius 1 is 1.03 bits per heavy atom. The van der Waals surface area contributed by atoms with Crippen LogP contribution < -0.4 is 16.0 Å². The Kier molecular flexibility index (Phi) is 6.02. The van der Waals surface area contributed by atoms with Gasteiger partial charge >= 0.3 is 6.03 Å². The molecule has 4 rings (SSSR count). The SMILES string of the molecule is Cc1cc(C)n(Cc2cccc(CNC(=O)c3ccc(NC(=O)NC4CC4)cc3)c2)n1. The van der Waals surface area contributed by atoms with Gasteiger partial charge < -0.3 is 16.0 Å². The van der Waals surface area contributed by atoms with E-state index in [1.807, 2.05) is 30.7 Å². The molecule has 0 saturated heterocycles. The fraction of sp³-hybridized carbons (Fsp3) is 0.292. The molecular weight excluding hydrogens is 390 g/mol. The van der Waals surface area contributed by atoms with Gasteiger partial charge in [-0.15, -0.1) is 0 Å². The van der Waals surface area contributed by atoms with E-state index in [1.165, 1.54) is 0 Å². The summed E-state index contributed by atoms with van der Waals surface area (Å²) in [5, 5.41) is 13.1. The molecule has 0 aliphatic heterocycles. The first-order valence-electron chi connectivity index (χ1n) is 10.5. The fourth-order valence-corrected chi connectivity index (χ4v) is 3.42. The van der Waals surface area contributed by atoms with Crippen molar-refractivity contribution in [2.45, 2.75) is 45.8 Å². The van der Waals surface area contributed by atoms with Crippen molar-refractivity contribution in [2.75, 3.05) is 5.32 Å². The molecule has 1 aliphatic rings. The molecule has 3 N–H and O–H groups in total. The minimum absolute atomic E-state index is 0.155. The summed E-state index contributed by atoms with van der Waals surface area (Å²) in [4.78, 5) is 24.3. The van der Waals surface area contributed by atoms with Gasteiger partial charge in [0.05, 0.1) is 12.2 Å². The lowest BCUT2D eigenvalue weighted by molar-refractivity contribution is 0.0951. The Morgan fingerprint density at radius 3 is 2.45 bits per heavy atom. The minimum Gasteiger partial charge on any atom is -0.348 e. The van der Waals surface area contributed by atoms with E-state index in [0.29, 0.717) is 30.4 Å². The first kappa shape index (κ1) is 20.7. The summed E-state index contributed by atoms with van der Waals surface area (Å²) in [7, 11) is 0. The Hall–Kier alpha value is -3.61. The summed E-state index contributed by atoms with van der Waals surface area (Å²) in [6.45, 7) is 5.17. The minimum atomic E-state index is -0.208. The van der Waals surface area contributed by atoms with Gasteiger partial charge in [-0.1, -0.05) is 24.3 Å². The van der Waals surface area contributed by atoms with Crippen LogP contribution in [0, 0.1) is 13.8 Å². The van der Waals surface area contributed by atoms with Crippen molar-refractivity contribution in [1.82, 2.24) is 20.4 Å². The predicted molar refractivity (Wildman–Crippen MR) is 120 cm³/mol.